The first-order chi connectivity index (χ1) is 13.6. The number of benzene rings is 2. The van der Waals surface area contributed by atoms with E-state index in [1.807, 2.05) is 36.2 Å². The first-order valence-electron chi connectivity index (χ1n) is 8.82. The molecule has 0 atom stereocenters. The number of fused-ring (bicyclic) bond motifs is 1. The predicted octanol–water partition coefficient (Wildman–Crippen LogP) is 3.24. The van der Waals surface area contributed by atoms with Gasteiger partial charge in [0.1, 0.15) is 5.82 Å². The van der Waals surface area contributed by atoms with Crippen molar-refractivity contribution in [3.05, 3.63) is 60.3 Å². The average molecular weight is 378 g/mol. The van der Waals surface area contributed by atoms with E-state index in [2.05, 4.69) is 25.1 Å². The van der Waals surface area contributed by atoms with E-state index in [-0.39, 0.29) is 5.75 Å². The Morgan fingerprint density at radius 1 is 1.14 bits per heavy atom. The molecule has 0 amide bonds. The van der Waals surface area contributed by atoms with Gasteiger partial charge >= 0.3 is 0 Å². The number of halogens is 1. The fraction of sp³-hybridized carbons (Fsp3) is 0.200. The van der Waals surface area contributed by atoms with Crippen molar-refractivity contribution in [2.45, 2.75) is 6.42 Å². The van der Waals surface area contributed by atoms with Crippen molar-refractivity contribution in [1.29, 1.82) is 0 Å². The number of nitrogens with one attached hydrogen (secondary N) is 1. The normalized spacial score (nSPS) is 11.0. The highest BCUT2D eigenvalue weighted by Crippen LogP contribution is 2.24. The van der Waals surface area contributed by atoms with Crippen molar-refractivity contribution < 1.29 is 9.13 Å². The van der Waals surface area contributed by atoms with Crippen LogP contribution in [0.15, 0.2) is 48.7 Å². The van der Waals surface area contributed by atoms with E-state index in [0.29, 0.717) is 30.2 Å². The van der Waals surface area contributed by atoms with E-state index < -0.39 is 5.82 Å². The smallest absolute Gasteiger partial charge is 0.245 e. The second kappa shape index (κ2) is 7.59. The van der Waals surface area contributed by atoms with Crippen molar-refractivity contribution in [3.63, 3.8) is 0 Å². The Morgan fingerprint density at radius 2 is 2.00 bits per heavy atom. The summed E-state index contributed by atoms with van der Waals surface area (Å²) in [5.41, 5.74) is 3.12. The van der Waals surface area contributed by atoms with Gasteiger partial charge in [0.2, 0.25) is 5.95 Å². The number of nitrogens with zero attached hydrogens (tertiary/aromatic N) is 5. The van der Waals surface area contributed by atoms with Crippen LogP contribution < -0.4 is 9.64 Å². The monoisotopic (exact) mass is 378 g/mol. The van der Waals surface area contributed by atoms with Gasteiger partial charge in [0.05, 0.1) is 30.0 Å². The molecular weight excluding hydrogens is 359 g/mol. The molecule has 2 aromatic carbocycles. The van der Waals surface area contributed by atoms with Crippen LogP contribution in [0.25, 0.3) is 22.3 Å². The number of ether oxygens (including phenoxy) is 1. The van der Waals surface area contributed by atoms with Crippen LogP contribution in [-0.4, -0.2) is 45.9 Å². The third-order valence-corrected chi connectivity index (χ3v) is 4.46. The third-order valence-electron chi connectivity index (χ3n) is 4.46. The largest absolute Gasteiger partial charge is 0.494 e. The number of hydrogen-bond acceptors (Lipinski definition) is 6. The molecule has 142 valence electrons. The molecule has 4 aromatic rings. The lowest BCUT2D eigenvalue weighted by atomic mass is 10.1. The maximum Gasteiger partial charge on any atom is 0.245 e. The molecule has 0 radical (unpaired) electrons. The zero-order chi connectivity index (χ0) is 19.5. The molecule has 4 rings (SSSR count). The van der Waals surface area contributed by atoms with Crippen molar-refractivity contribution in [2.75, 3.05) is 25.6 Å². The van der Waals surface area contributed by atoms with E-state index in [9.17, 15) is 4.39 Å². The highest BCUT2D eigenvalue weighted by molar-refractivity contribution is 5.74. The summed E-state index contributed by atoms with van der Waals surface area (Å²) in [5, 5.41) is 8.10. The highest BCUT2D eigenvalue weighted by Gasteiger charge is 2.11. The van der Waals surface area contributed by atoms with E-state index in [0.717, 1.165) is 16.9 Å². The molecule has 2 heterocycles. The van der Waals surface area contributed by atoms with Gasteiger partial charge in [-0.25, -0.2) is 14.4 Å². The first-order valence-corrected chi connectivity index (χ1v) is 8.82. The van der Waals surface area contributed by atoms with Crippen molar-refractivity contribution in [3.8, 4) is 17.0 Å². The first kappa shape index (κ1) is 17.8. The summed E-state index contributed by atoms with van der Waals surface area (Å²) in [6.45, 7) is 0.655. The zero-order valence-electron chi connectivity index (χ0n) is 15.6. The number of aromatic amines is 1. The van der Waals surface area contributed by atoms with E-state index in [1.54, 1.807) is 12.1 Å². The SMILES string of the molecule is COc1ccc(-c2cnnc(N(C)CCc3nc4ccccc4[nH]3)n2)cc1F. The Labute approximate surface area is 161 Å². The molecule has 8 heteroatoms. The second-order valence-corrected chi connectivity index (χ2v) is 6.36. The molecule has 0 aliphatic heterocycles. The van der Waals surface area contributed by atoms with Crippen molar-refractivity contribution in [2.24, 2.45) is 0 Å². The lowest BCUT2D eigenvalue weighted by Gasteiger charge is -2.16. The number of hydrogen-bond donors (Lipinski definition) is 1. The van der Waals surface area contributed by atoms with Crippen LogP contribution in [0.1, 0.15) is 5.82 Å². The fourth-order valence-corrected chi connectivity index (χ4v) is 2.92. The quantitative estimate of drug-likeness (QED) is 0.555. The number of imidazole rings is 1. The molecule has 0 fully saturated rings. The Bertz CT molecular complexity index is 1080. The molecule has 0 aliphatic rings. The molecule has 0 bridgehead atoms. The van der Waals surface area contributed by atoms with Crippen molar-refractivity contribution in [1.82, 2.24) is 25.1 Å². The van der Waals surface area contributed by atoms with Crippen LogP contribution in [0.4, 0.5) is 10.3 Å². The van der Waals surface area contributed by atoms with Crippen LogP contribution in [-0.2, 0) is 6.42 Å². The Balaban J connectivity index is 1.49. The number of anilines is 1. The topological polar surface area (TPSA) is 79.8 Å². The lowest BCUT2D eigenvalue weighted by molar-refractivity contribution is 0.386. The minimum Gasteiger partial charge on any atom is -0.494 e. The van der Waals surface area contributed by atoms with Gasteiger partial charge in [-0.3, -0.25) is 0 Å². The Hall–Kier alpha value is -3.55. The van der Waals surface area contributed by atoms with Gasteiger partial charge in [-0.1, -0.05) is 12.1 Å². The van der Waals surface area contributed by atoms with Crippen LogP contribution in [0, 0.1) is 5.82 Å². The molecule has 0 unspecified atom stereocenters. The van der Waals surface area contributed by atoms with Crippen LogP contribution in [0.5, 0.6) is 5.75 Å². The number of aromatic nitrogens is 5. The predicted molar refractivity (Wildman–Crippen MR) is 105 cm³/mol. The summed E-state index contributed by atoms with van der Waals surface area (Å²) in [4.78, 5) is 14.3. The van der Waals surface area contributed by atoms with Gasteiger partial charge < -0.3 is 14.6 Å². The number of likely N-dealkylation sites (N-methyl/N-ethyl adjacent to an activating group) is 1. The number of H-pyrrole nitrogens is 1. The molecular formula is C20H19FN6O. The van der Waals surface area contributed by atoms with Gasteiger partial charge in [-0.15, -0.1) is 5.10 Å². The summed E-state index contributed by atoms with van der Waals surface area (Å²) in [6, 6.07) is 12.6. The lowest BCUT2D eigenvalue weighted by Crippen LogP contribution is -2.23. The third kappa shape index (κ3) is 3.62. The summed E-state index contributed by atoms with van der Waals surface area (Å²) in [7, 11) is 3.32. The molecule has 0 aliphatic carbocycles. The van der Waals surface area contributed by atoms with Crippen molar-refractivity contribution >= 4 is 17.0 Å². The average Bonchev–Trinajstić information content (AvgIpc) is 3.15. The molecule has 7 nitrogen and oxygen atoms in total. The van der Waals surface area contributed by atoms with Gasteiger partial charge in [-0.05, 0) is 30.3 Å². The Kier molecular flexibility index (Phi) is 4.84. The van der Waals surface area contributed by atoms with E-state index >= 15 is 0 Å². The molecule has 0 saturated heterocycles. The molecule has 0 spiro atoms. The number of methoxy groups -OCH3 is 1. The number of rotatable bonds is 6. The summed E-state index contributed by atoms with van der Waals surface area (Å²) < 4.78 is 18.9. The highest BCUT2D eigenvalue weighted by atomic mass is 19.1. The minimum absolute atomic E-state index is 0.189. The minimum atomic E-state index is -0.446. The summed E-state index contributed by atoms with van der Waals surface area (Å²) in [6.07, 6.45) is 2.22. The summed E-state index contributed by atoms with van der Waals surface area (Å²) >= 11 is 0. The van der Waals surface area contributed by atoms with Gasteiger partial charge in [-0.2, -0.15) is 5.10 Å². The summed E-state index contributed by atoms with van der Waals surface area (Å²) in [5.74, 6) is 1.10. The van der Waals surface area contributed by atoms with E-state index in [1.165, 1.54) is 19.4 Å². The molecule has 1 N–H and O–H groups in total. The van der Waals surface area contributed by atoms with Crippen LogP contribution >= 0.6 is 0 Å². The van der Waals surface area contributed by atoms with Crippen LogP contribution in [0.2, 0.25) is 0 Å². The standard InChI is InChI=1S/C20H19FN6O/c1-27(10-9-19-23-15-5-3-4-6-16(15)24-19)20-25-17(12-22-26-20)13-7-8-18(28-2)14(21)11-13/h3-8,11-12H,9-10H2,1-2H3,(H,23,24). The molecule has 2 aromatic heterocycles. The van der Waals surface area contributed by atoms with Gasteiger partial charge in [0, 0.05) is 25.6 Å². The second-order valence-electron chi connectivity index (χ2n) is 6.36. The van der Waals surface area contributed by atoms with Gasteiger partial charge in [0.25, 0.3) is 0 Å². The molecule has 28 heavy (non-hydrogen) atoms. The Morgan fingerprint density at radius 3 is 2.79 bits per heavy atom. The zero-order valence-corrected chi connectivity index (χ0v) is 15.6. The maximum absolute atomic E-state index is 14.0. The fourth-order valence-electron chi connectivity index (χ4n) is 2.92. The van der Waals surface area contributed by atoms with Crippen LogP contribution in [0.3, 0.4) is 0 Å². The van der Waals surface area contributed by atoms with E-state index in [4.69, 9.17) is 4.74 Å². The molecule has 0 saturated carbocycles. The van der Waals surface area contributed by atoms with Gasteiger partial charge in [0.15, 0.2) is 11.6 Å². The maximum atomic E-state index is 14.0. The number of para-hydroxylation sites is 2.